The van der Waals surface area contributed by atoms with Crippen LogP contribution in [0.1, 0.15) is 18.4 Å². The largest absolute Gasteiger partial charge is 0.392 e. The Morgan fingerprint density at radius 3 is 2.58 bits per heavy atom. The lowest BCUT2D eigenvalue weighted by Gasteiger charge is -2.04. The predicted molar refractivity (Wildman–Crippen MR) is 51.1 cm³/mol. The molecule has 0 aliphatic carbocycles. The van der Waals surface area contributed by atoms with Gasteiger partial charge < -0.3 is 5.11 Å². The number of aliphatic hydroxyl groups excluding tert-OH is 1. The zero-order valence-electron chi connectivity index (χ0n) is 7.27. The van der Waals surface area contributed by atoms with E-state index in [1.54, 1.807) is 6.08 Å². The van der Waals surface area contributed by atoms with E-state index in [4.69, 9.17) is 5.11 Å². The second-order valence-electron chi connectivity index (χ2n) is 2.81. The molecular formula is C11H14O. The van der Waals surface area contributed by atoms with Crippen LogP contribution in [0.2, 0.25) is 0 Å². The highest BCUT2D eigenvalue weighted by molar-refractivity contribution is 5.22. The smallest absolute Gasteiger partial charge is 0.0612 e. The lowest BCUT2D eigenvalue weighted by molar-refractivity contribution is 0.342. The van der Waals surface area contributed by atoms with E-state index in [1.165, 1.54) is 5.56 Å². The van der Waals surface area contributed by atoms with Crippen molar-refractivity contribution in [2.45, 2.75) is 12.8 Å². The molecule has 0 heterocycles. The average Bonchev–Trinajstić information content (AvgIpc) is 2.15. The Hall–Kier alpha value is -1.08. The fourth-order valence-corrected chi connectivity index (χ4v) is 1.13. The van der Waals surface area contributed by atoms with E-state index in [0.717, 1.165) is 0 Å². The minimum atomic E-state index is 0.122. The minimum absolute atomic E-state index is 0.122. The minimum Gasteiger partial charge on any atom is -0.392 e. The highest BCUT2D eigenvalue weighted by Gasteiger charge is 1.97. The first kappa shape index (κ1) is 9.01. The second kappa shape index (κ2) is 4.73. The fourth-order valence-electron chi connectivity index (χ4n) is 1.13. The molecule has 0 spiro atoms. The third-order valence-corrected chi connectivity index (χ3v) is 1.86. The Labute approximate surface area is 73.4 Å². The van der Waals surface area contributed by atoms with Gasteiger partial charge in [-0.2, -0.15) is 0 Å². The van der Waals surface area contributed by atoms with Gasteiger partial charge in [0, 0.05) is 0 Å². The molecule has 1 aromatic rings. The topological polar surface area (TPSA) is 20.2 Å². The van der Waals surface area contributed by atoms with Crippen molar-refractivity contribution in [2.24, 2.45) is 0 Å². The standard InChI is InChI=1S/C11H14O/c1-10(6-5-9-12)11-7-3-2-4-8-11/h2-8,10,12H,9H2,1H3/b6-5-. The molecule has 12 heavy (non-hydrogen) atoms. The highest BCUT2D eigenvalue weighted by atomic mass is 16.2. The molecule has 0 amide bonds. The zero-order valence-corrected chi connectivity index (χ0v) is 7.27. The second-order valence-corrected chi connectivity index (χ2v) is 2.81. The number of rotatable bonds is 3. The molecule has 1 unspecified atom stereocenters. The summed E-state index contributed by atoms with van der Waals surface area (Å²) in [4.78, 5) is 0. The maximum Gasteiger partial charge on any atom is 0.0612 e. The number of hydrogen-bond donors (Lipinski definition) is 1. The van der Waals surface area contributed by atoms with Crippen LogP contribution in [0.15, 0.2) is 42.5 Å². The van der Waals surface area contributed by atoms with Crippen molar-refractivity contribution in [3.05, 3.63) is 48.0 Å². The molecule has 0 bridgehead atoms. The Balaban J connectivity index is 2.65. The van der Waals surface area contributed by atoms with E-state index in [0.29, 0.717) is 5.92 Å². The summed E-state index contributed by atoms with van der Waals surface area (Å²) >= 11 is 0. The van der Waals surface area contributed by atoms with Crippen molar-refractivity contribution in [2.75, 3.05) is 6.61 Å². The predicted octanol–water partition coefficient (Wildman–Crippen LogP) is 2.34. The molecule has 0 radical (unpaired) electrons. The van der Waals surface area contributed by atoms with Crippen molar-refractivity contribution in [3.63, 3.8) is 0 Å². The Kier molecular flexibility index (Phi) is 3.55. The zero-order chi connectivity index (χ0) is 8.81. The average molecular weight is 162 g/mol. The van der Waals surface area contributed by atoms with Crippen molar-refractivity contribution < 1.29 is 5.11 Å². The Bertz CT molecular complexity index is 238. The van der Waals surface area contributed by atoms with Gasteiger partial charge in [-0.3, -0.25) is 0 Å². The number of allylic oxidation sites excluding steroid dienone is 1. The van der Waals surface area contributed by atoms with Gasteiger partial charge in [-0.15, -0.1) is 0 Å². The number of aliphatic hydroxyl groups is 1. The fraction of sp³-hybridized carbons (Fsp3) is 0.273. The van der Waals surface area contributed by atoms with Crippen LogP contribution in [0.5, 0.6) is 0 Å². The molecule has 0 aliphatic heterocycles. The molecule has 0 aliphatic rings. The van der Waals surface area contributed by atoms with Gasteiger partial charge in [0.2, 0.25) is 0 Å². The summed E-state index contributed by atoms with van der Waals surface area (Å²) in [5, 5.41) is 8.58. The van der Waals surface area contributed by atoms with Crippen LogP contribution in [0.3, 0.4) is 0 Å². The molecular weight excluding hydrogens is 148 g/mol. The van der Waals surface area contributed by atoms with E-state index in [2.05, 4.69) is 19.1 Å². The highest BCUT2D eigenvalue weighted by Crippen LogP contribution is 2.15. The van der Waals surface area contributed by atoms with E-state index in [1.807, 2.05) is 24.3 Å². The number of benzene rings is 1. The molecule has 1 N–H and O–H groups in total. The SMILES string of the molecule is CC(/C=C\CO)c1ccccc1. The van der Waals surface area contributed by atoms with Crippen molar-refractivity contribution in [1.29, 1.82) is 0 Å². The van der Waals surface area contributed by atoms with Crippen LogP contribution in [-0.4, -0.2) is 11.7 Å². The third-order valence-electron chi connectivity index (χ3n) is 1.86. The third kappa shape index (κ3) is 2.51. The van der Waals surface area contributed by atoms with Gasteiger partial charge in [0.1, 0.15) is 0 Å². The summed E-state index contributed by atoms with van der Waals surface area (Å²) < 4.78 is 0. The molecule has 1 rings (SSSR count). The lowest BCUT2D eigenvalue weighted by Crippen LogP contribution is -1.88. The molecule has 0 fully saturated rings. The van der Waals surface area contributed by atoms with Gasteiger partial charge in [-0.25, -0.2) is 0 Å². The molecule has 0 saturated heterocycles. The van der Waals surface area contributed by atoms with E-state index in [-0.39, 0.29) is 6.61 Å². The van der Waals surface area contributed by atoms with Gasteiger partial charge in [-0.1, -0.05) is 49.4 Å². The van der Waals surface area contributed by atoms with E-state index in [9.17, 15) is 0 Å². The first-order valence-electron chi connectivity index (χ1n) is 4.17. The van der Waals surface area contributed by atoms with Crippen LogP contribution >= 0.6 is 0 Å². The number of hydrogen-bond acceptors (Lipinski definition) is 1. The molecule has 0 saturated carbocycles. The first-order chi connectivity index (χ1) is 5.84. The summed E-state index contributed by atoms with van der Waals surface area (Å²) in [5.41, 5.74) is 1.28. The van der Waals surface area contributed by atoms with Crippen LogP contribution in [0.4, 0.5) is 0 Å². The lowest BCUT2D eigenvalue weighted by atomic mass is 10.0. The summed E-state index contributed by atoms with van der Waals surface area (Å²) in [6.45, 7) is 2.23. The molecule has 1 atom stereocenters. The van der Waals surface area contributed by atoms with Gasteiger partial charge in [0.15, 0.2) is 0 Å². The maximum absolute atomic E-state index is 8.58. The summed E-state index contributed by atoms with van der Waals surface area (Å²) in [5.74, 6) is 0.387. The Morgan fingerprint density at radius 1 is 1.33 bits per heavy atom. The molecule has 1 aromatic carbocycles. The molecule has 1 nitrogen and oxygen atoms in total. The van der Waals surface area contributed by atoms with E-state index < -0.39 is 0 Å². The summed E-state index contributed by atoms with van der Waals surface area (Å²) in [6.07, 6.45) is 3.78. The van der Waals surface area contributed by atoms with Gasteiger partial charge in [-0.05, 0) is 11.5 Å². The first-order valence-corrected chi connectivity index (χ1v) is 4.17. The Morgan fingerprint density at radius 2 is 2.00 bits per heavy atom. The van der Waals surface area contributed by atoms with Crippen molar-refractivity contribution >= 4 is 0 Å². The normalized spacial score (nSPS) is 13.5. The molecule has 64 valence electrons. The summed E-state index contributed by atoms with van der Waals surface area (Å²) in [6, 6.07) is 10.2. The van der Waals surface area contributed by atoms with Crippen molar-refractivity contribution in [1.82, 2.24) is 0 Å². The van der Waals surface area contributed by atoms with E-state index >= 15 is 0 Å². The van der Waals surface area contributed by atoms with Crippen LogP contribution in [0, 0.1) is 0 Å². The quantitative estimate of drug-likeness (QED) is 0.676. The van der Waals surface area contributed by atoms with Crippen LogP contribution in [0.25, 0.3) is 0 Å². The molecule has 1 heteroatoms. The van der Waals surface area contributed by atoms with Gasteiger partial charge >= 0.3 is 0 Å². The van der Waals surface area contributed by atoms with Crippen molar-refractivity contribution in [3.8, 4) is 0 Å². The van der Waals surface area contributed by atoms with Crippen LogP contribution in [-0.2, 0) is 0 Å². The van der Waals surface area contributed by atoms with Gasteiger partial charge in [0.25, 0.3) is 0 Å². The maximum atomic E-state index is 8.58. The monoisotopic (exact) mass is 162 g/mol. The van der Waals surface area contributed by atoms with Gasteiger partial charge in [0.05, 0.1) is 6.61 Å². The summed E-state index contributed by atoms with van der Waals surface area (Å²) in [7, 11) is 0. The molecule has 0 aromatic heterocycles. The van der Waals surface area contributed by atoms with Crippen LogP contribution < -0.4 is 0 Å².